The summed E-state index contributed by atoms with van der Waals surface area (Å²) in [6.45, 7) is 6.54. The van der Waals surface area contributed by atoms with Gasteiger partial charge in [0.15, 0.2) is 0 Å². The molecular weight excluding hydrogens is 162 g/mol. The second-order valence-electron chi connectivity index (χ2n) is 3.89. The van der Waals surface area contributed by atoms with E-state index >= 15 is 0 Å². The van der Waals surface area contributed by atoms with E-state index in [0.717, 1.165) is 12.8 Å². The summed E-state index contributed by atoms with van der Waals surface area (Å²) in [4.78, 5) is 0. The molecule has 0 aromatic carbocycles. The number of nitrogens with two attached hydrogens (primary N) is 1. The molecule has 0 fully saturated rings. The Labute approximate surface area is 79.9 Å². The first-order valence-electron chi connectivity index (χ1n) is 4.86. The van der Waals surface area contributed by atoms with E-state index in [1.54, 1.807) is 0 Å². The molecule has 3 nitrogen and oxygen atoms in total. The zero-order chi connectivity index (χ0) is 10.0. The lowest BCUT2D eigenvalue weighted by molar-refractivity contribution is 0.592. The molecule has 0 aliphatic carbocycles. The first kappa shape index (κ1) is 10.1. The summed E-state index contributed by atoms with van der Waals surface area (Å²) in [7, 11) is 1.97. The average molecular weight is 181 g/mol. The van der Waals surface area contributed by atoms with Crippen molar-refractivity contribution < 1.29 is 0 Å². The zero-order valence-electron chi connectivity index (χ0n) is 8.96. The second-order valence-corrected chi connectivity index (χ2v) is 3.89. The van der Waals surface area contributed by atoms with E-state index in [1.807, 2.05) is 11.7 Å². The lowest BCUT2D eigenvalue weighted by Gasteiger charge is -2.07. The van der Waals surface area contributed by atoms with Crippen LogP contribution in [0.5, 0.6) is 0 Å². The molecule has 0 saturated heterocycles. The van der Waals surface area contributed by atoms with Crippen LogP contribution in [0, 0.1) is 5.92 Å². The third kappa shape index (κ3) is 2.02. The van der Waals surface area contributed by atoms with Crippen molar-refractivity contribution in [3.05, 3.63) is 11.3 Å². The van der Waals surface area contributed by atoms with Gasteiger partial charge in [-0.25, -0.2) is 0 Å². The molecule has 0 amide bonds. The van der Waals surface area contributed by atoms with Crippen molar-refractivity contribution in [1.29, 1.82) is 0 Å². The predicted molar refractivity (Wildman–Crippen MR) is 55.5 cm³/mol. The number of aromatic nitrogens is 2. The van der Waals surface area contributed by atoms with Crippen molar-refractivity contribution in [2.45, 2.75) is 33.6 Å². The molecular formula is C10H19N3. The number of hydrogen-bond acceptors (Lipinski definition) is 2. The van der Waals surface area contributed by atoms with Gasteiger partial charge in [-0.3, -0.25) is 4.68 Å². The van der Waals surface area contributed by atoms with Crippen molar-refractivity contribution in [3.8, 4) is 0 Å². The molecule has 3 heteroatoms. The Bertz CT molecular complexity index is 287. The maximum Gasteiger partial charge on any atom is 0.148 e. The molecule has 1 aromatic rings. The van der Waals surface area contributed by atoms with Crippen LogP contribution < -0.4 is 5.73 Å². The van der Waals surface area contributed by atoms with Crippen LogP contribution in [0.15, 0.2) is 0 Å². The third-order valence-corrected chi connectivity index (χ3v) is 2.26. The van der Waals surface area contributed by atoms with Crippen molar-refractivity contribution in [2.75, 3.05) is 5.73 Å². The van der Waals surface area contributed by atoms with E-state index in [4.69, 9.17) is 5.73 Å². The Morgan fingerprint density at radius 1 is 1.46 bits per heavy atom. The predicted octanol–water partition coefficient (Wildman–Crippen LogP) is 1.76. The quantitative estimate of drug-likeness (QED) is 0.772. The molecule has 0 aliphatic rings. The fraction of sp³-hybridized carbons (Fsp3) is 0.700. The van der Waals surface area contributed by atoms with E-state index in [9.17, 15) is 0 Å². The number of rotatable bonds is 3. The lowest BCUT2D eigenvalue weighted by atomic mass is 10.0. The molecule has 1 rings (SSSR count). The summed E-state index contributed by atoms with van der Waals surface area (Å²) >= 11 is 0. The van der Waals surface area contributed by atoms with E-state index < -0.39 is 0 Å². The van der Waals surface area contributed by atoms with Crippen LogP contribution in [0.3, 0.4) is 0 Å². The number of nitrogen functional groups attached to an aromatic ring is 1. The van der Waals surface area contributed by atoms with Crippen LogP contribution in [0.2, 0.25) is 0 Å². The maximum absolute atomic E-state index is 5.80. The molecule has 13 heavy (non-hydrogen) atoms. The first-order valence-corrected chi connectivity index (χ1v) is 4.86. The normalized spacial score (nSPS) is 11.2. The SMILES string of the molecule is CCc1c(N)nn(C)c1CC(C)C. The largest absolute Gasteiger partial charge is 0.382 e. The van der Waals surface area contributed by atoms with Gasteiger partial charge in [-0.05, 0) is 18.8 Å². The van der Waals surface area contributed by atoms with Gasteiger partial charge < -0.3 is 5.73 Å². The minimum atomic E-state index is 0.653. The van der Waals surface area contributed by atoms with E-state index in [0.29, 0.717) is 11.7 Å². The van der Waals surface area contributed by atoms with E-state index in [-0.39, 0.29) is 0 Å². The van der Waals surface area contributed by atoms with Gasteiger partial charge in [-0.2, -0.15) is 5.10 Å². The fourth-order valence-corrected chi connectivity index (χ4v) is 1.65. The Kier molecular flexibility index (Phi) is 2.96. The Balaban J connectivity index is 3.02. The highest BCUT2D eigenvalue weighted by molar-refractivity contribution is 5.42. The van der Waals surface area contributed by atoms with E-state index in [2.05, 4.69) is 25.9 Å². The smallest absolute Gasteiger partial charge is 0.148 e. The minimum absolute atomic E-state index is 0.653. The Morgan fingerprint density at radius 3 is 2.54 bits per heavy atom. The maximum atomic E-state index is 5.80. The Morgan fingerprint density at radius 2 is 2.08 bits per heavy atom. The summed E-state index contributed by atoms with van der Waals surface area (Å²) in [5.74, 6) is 1.35. The fourth-order valence-electron chi connectivity index (χ4n) is 1.65. The summed E-state index contributed by atoms with van der Waals surface area (Å²) in [6.07, 6.45) is 2.03. The highest BCUT2D eigenvalue weighted by Crippen LogP contribution is 2.19. The summed E-state index contributed by atoms with van der Waals surface area (Å²) < 4.78 is 1.91. The number of hydrogen-bond donors (Lipinski definition) is 1. The number of nitrogens with zero attached hydrogens (tertiary/aromatic N) is 2. The van der Waals surface area contributed by atoms with Crippen molar-refractivity contribution in [2.24, 2.45) is 13.0 Å². The van der Waals surface area contributed by atoms with Gasteiger partial charge in [0.05, 0.1) is 0 Å². The zero-order valence-corrected chi connectivity index (χ0v) is 8.96. The van der Waals surface area contributed by atoms with Gasteiger partial charge in [0.25, 0.3) is 0 Å². The molecule has 2 N–H and O–H groups in total. The summed E-state index contributed by atoms with van der Waals surface area (Å²) in [5.41, 5.74) is 8.30. The molecule has 74 valence electrons. The van der Waals surface area contributed by atoms with Crippen LogP contribution in [-0.2, 0) is 19.9 Å². The van der Waals surface area contributed by atoms with Crippen molar-refractivity contribution in [1.82, 2.24) is 9.78 Å². The molecule has 1 heterocycles. The van der Waals surface area contributed by atoms with Crippen molar-refractivity contribution in [3.63, 3.8) is 0 Å². The van der Waals surface area contributed by atoms with Gasteiger partial charge in [0.2, 0.25) is 0 Å². The monoisotopic (exact) mass is 181 g/mol. The van der Waals surface area contributed by atoms with Crippen LogP contribution >= 0.6 is 0 Å². The first-order chi connectivity index (χ1) is 6.06. The van der Waals surface area contributed by atoms with Crippen molar-refractivity contribution >= 4 is 5.82 Å². The topological polar surface area (TPSA) is 43.8 Å². The van der Waals surface area contributed by atoms with Crippen LogP contribution in [0.4, 0.5) is 5.82 Å². The molecule has 0 saturated carbocycles. The van der Waals surface area contributed by atoms with Crippen LogP contribution in [0.25, 0.3) is 0 Å². The summed E-state index contributed by atoms with van der Waals surface area (Å²) in [6, 6.07) is 0. The molecule has 1 aromatic heterocycles. The van der Waals surface area contributed by atoms with Crippen LogP contribution in [-0.4, -0.2) is 9.78 Å². The third-order valence-electron chi connectivity index (χ3n) is 2.26. The molecule has 0 bridgehead atoms. The molecule has 0 spiro atoms. The highest BCUT2D eigenvalue weighted by Gasteiger charge is 2.12. The van der Waals surface area contributed by atoms with Gasteiger partial charge in [0, 0.05) is 18.3 Å². The van der Waals surface area contributed by atoms with Gasteiger partial charge in [-0.1, -0.05) is 20.8 Å². The number of aryl methyl sites for hydroxylation is 1. The van der Waals surface area contributed by atoms with Gasteiger partial charge in [-0.15, -0.1) is 0 Å². The summed E-state index contributed by atoms with van der Waals surface area (Å²) in [5, 5.41) is 4.23. The Hall–Kier alpha value is -0.990. The minimum Gasteiger partial charge on any atom is -0.382 e. The standard InChI is InChI=1S/C10H19N3/c1-5-8-9(6-7(2)3)13(4)12-10(8)11/h7H,5-6H2,1-4H3,(H2,11,12). The van der Waals surface area contributed by atoms with Gasteiger partial charge >= 0.3 is 0 Å². The highest BCUT2D eigenvalue weighted by atomic mass is 15.3. The molecule has 0 aliphatic heterocycles. The average Bonchev–Trinajstić information content (AvgIpc) is 2.26. The van der Waals surface area contributed by atoms with E-state index in [1.165, 1.54) is 11.3 Å². The number of anilines is 1. The van der Waals surface area contributed by atoms with Crippen LogP contribution in [0.1, 0.15) is 32.0 Å². The second kappa shape index (κ2) is 3.81. The van der Waals surface area contributed by atoms with Gasteiger partial charge in [0.1, 0.15) is 5.82 Å². The molecule has 0 radical (unpaired) electrons. The lowest BCUT2D eigenvalue weighted by Crippen LogP contribution is -2.04. The molecule has 0 unspecified atom stereocenters. The molecule has 0 atom stereocenters.